The second-order valence-electron chi connectivity index (χ2n) is 8.57. The molecule has 4 rings (SSSR count). The molecule has 0 aliphatic carbocycles. The van der Waals surface area contributed by atoms with Gasteiger partial charge in [-0.1, -0.05) is 56.3 Å². The second kappa shape index (κ2) is 11.3. The molecule has 1 aliphatic rings. The van der Waals surface area contributed by atoms with E-state index in [-0.39, 0.29) is 24.0 Å². The highest BCUT2D eigenvalue weighted by Gasteiger charge is 2.40. The van der Waals surface area contributed by atoms with Crippen LogP contribution < -0.4 is 20.2 Å². The third kappa shape index (κ3) is 5.81. The Bertz CT molecular complexity index is 1090. The summed E-state index contributed by atoms with van der Waals surface area (Å²) in [5.74, 6) is 1.68. The standard InChI is InChI=1S/C28H31N3O3S/c1-18-25(30-31-28(35)29-22-8-6-5-7-9-22)19(2)27(21-12-16-24(33-4)17-13-21)34-26(18)20-10-14-23(32-3)15-11-20/h5-19,26-27H,1-4H3,(H2,29,31,35)/t18-,19-,26-,27+/m1/s1. The van der Waals surface area contributed by atoms with Crippen LogP contribution in [0.3, 0.4) is 0 Å². The van der Waals surface area contributed by atoms with Gasteiger partial charge in [-0.2, -0.15) is 5.10 Å². The summed E-state index contributed by atoms with van der Waals surface area (Å²) >= 11 is 5.49. The smallest absolute Gasteiger partial charge is 0.191 e. The maximum absolute atomic E-state index is 6.72. The topological polar surface area (TPSA) is 64.1 Å². The zero-order valence-corrected chi connectivity index (χ0v) is 21.2. The van der Waals surface area contributed by atoms with E-state index in [0.717, 1.165) is 34.0 Å². The van der Waals surface area contributed by atoms with Crippen molar-refractivity contribution in [2.75, 3.05) is 19.5 Å². The highest BCUT2D eigenvalue weighted by atomic mass is 32.1. The zero-order chi connectivity index (χ0) is 24.8. The number of nitrogens with one attached hydrogen (secondary N) is 2. The van der Waals surface area contributed by atoms with Crippen molar-refractivity contribution in [2.24, 2.45) is 16.9 Å². The Kier molecular flexibility index (Phi) is 8.00. The first-order valence-electron chi connectivity index (χ1n) is 11.6. The summed E-state index contributed by atoms with van der Waals surface area (Å²) in [6.45, 7) is 4.29. The summed E-state index contributed by atoms with van der Waals surface area (Å²) in [7, 11) is 3.33. The average molecular weight is 490 g/mol. The van der Waals surface area contributed by atoms with Crippen LogP contribution in [0.2, 0.25) is 0 Å². The van der Waals surface area contributed by atoms with Crippen molar-refractivity contribution in [3.05, 3.63) is 90.0 Å². The number of rotatable bonds is 6. The van der Waals surface area contributed by atoms with Gasteiger partial charge in [0.15, 0.2) is 5.11 Å². The summed E-state index contributed by atoms with van der Waals surface area (Å²) in [5.41, 5.74) is 7.10. The Hall–Kier alpha value is -3.42. The number of ether oxygens (including phenoxy) is 3. The van der Waals surface area contributed by atoms with E-state index < -0.39 is 0 Å². The van der Waals surface area contributed by atoms with Gasteiger partial charge in [-0.15, -0.1) is 0 Å². The molecule has 0 spiro atoms. The molecule has 1 fully saturated rings. The Morgan fingerprint density at radius 3 is 1.71 bits per heavy atom. The van der Waals surface area contributed by atoms with Crippen molar-refractivity contribution in [3.63, 3.8) is 0 Å². The van der Waals surface area contributed by atoms with Gasteiger partial charge in [-0.05, 0) is 59.7 Å². The monoisotopic (exact) mass is 489 g/mol. The normalized spacial score (nSPS) is 22.9. The van der Waals surface area contributed by atoms with Crippen LogP contribution in [0, 0.1) is 11.8 Å². The molecule has 4 atom stereocenters. The first-order chi connectivity index (χ1) is 17.0. The van der Waals surface area contributed by atoms with E-state index in [1.165, 1.54) is 0 Å². The number of thiocarbonyl (C=S) groups is 1. The Balaban J connectivity index is 1.62. The van der Waals surface area contributed by atoms with E-state index >= 15 is 0 Å². The fourth-order valence-electron chi connectivity index (χ4n) is 4.44. The van der Waals surface area contributed by atoms with E-state index in [2.05, 4.69) is 24.6 Å². The third-order valence-corrected chi connectivity index (χ3v) is 6.53. The Morgan fingerprint density at radius 2 is 1.26 bits per heavy atom. The van der Waals surface area contributed by atoms with E-state index in [4.69, 9.17) is 31.5 Å². The van der Waals surface area contributed by atoms with E-state index in [9.17, 15) is 0 Å². The lowest BCUT2D eigenvalue weighted by Crippen LogP contribution is -2.40. The van der Waals surface area contributed by atoms with Gasteiger partial charge in [0.05, 0.1) is 26.4 Å². The van der Waals surface area contributed by atoms with Crippen LogP contribution in [0.15, 0.2) is 84.0 Å². The van der Waals surface area contributed by atoms with E-state index in [1.54, 1.807) is 14.2 Å². The van der Waals surface area contributed by atoms with Crippen molar-refractivity contribution < 1.29 is 14.2 Å². The molecule has 0 radical (unpaired) electrons. The first kappa shape index (κ1) is 24.7. The maximum Gasteiger partial charge on any atom is 0.191 e. The first-order valence-corrected chi connectivity index (χ1v) is 12.0. The fraction of sp³-hybridized carbons (Fsp3) is 0.286. The molecule has 0 amide bonds. The molecule has 3 aromatic carbocycles. The minimum atomic E-state index is -0.180. The number of methoxy groups -OCH3 is 2. The molecule has 0 saturated carbocycles. The molecule has 0 bridgehead atoms. The van der Waals surface area contributed by atoms with Gasteiger partial charge in [-0.25, -0.2) is 0 Å². The van der Waals surface area contributed by atoms with E-state index in [1.807, 2.05) is 78.9 Å². The second-order valence-corrected chi connectivity index (χ2v) is 8.98. The number of hydrogen-bond acceptors (Lipinski definition) is 5. The molecule has 182 valence electrons. The molecule has 0 aromatic heterocycles. The molecule has 1 aliphatic heterocycles. The van der Waals surface area contributed by atoms with Crippen molar-refractivity contribution in [1.82, 2.24) is 5.43 Å². The molecule has 3 aromatic rings. The summed E-state index contributed by atoms with van der Waals surface area (Å²) in [5, 5.41) is 8.41. The largest absolute Gasteiger partial charge is 0.497 e. The van der Waals surface area contributed by atoms with Crippen LogP contribution in [0.1, 0.15) is 37.2 Å². The summed E-state index contributed by atoms with van der Waals surface area (Å²) in [6.07, 6.45) is -0.360. The van der Waals surface area contributed by atoms with Crippen molar-refractivity contribution in [1.29, 1.82) is 0 Å². The molecule has 0 unspecified atom stereocenters. The van der Waals surface area contributed by atoms with E-state index in [0.29, 0.717) is 5.11 Å². The number of nitrogens with zero attached hydrogens (tertiary/aromatic N) is 1. The van der Waals surface area contributed by atoms with Crippen LogP contribution in [-0.2, 0) is 4.74 Å². The van der Waals surface area contributed by atoms with Crippen LogP contribution in [0.4, 0.5) is 5.69 Å². The number of hydrazone groups is 1. The lowest BCUT2D eigenvalue weighted by Gasteiger charge is -2.40. The minimum Gasteiger partial charge on any atom is -0.497 e. The van der Waals surface area contributed by atoms with Gasteiger partial charge in [0.1, 0.15) is 11.5 Å². The minimum absolute atomic E-state index is 0.0277. The third-order valence-electron chi connectivity index (χ3n) is 6.34. The summed E-state index contributed by atoms with van der Waals surface area (Å²) in [6, 6.07) is 25.8. The predicted molar refractivity (Wildman–Crippen MR) is 144 cm³/mol. The predicted octanol–water partition coefficient (Wildman–Crippen LogP) is 6.13. The zero-order valence-electron chi connectivity index (χ0n) is 20.4. The SMILES string of the molecule is COc1ccc([C@H]2O[C@@H](c3ccc(OC)cc3)[C@H](C)C(=NNC(=S)Nc3ccccc3)[C@H]2C)cc1. The average Bonchev–Trinajstić information content (AvgIpc) is 2.89. The van der Waals surface area contributed by atoms with Gasteiger partial charge in [0, 0.05) is 23.2 Å². The number of para-hydroxylation sites is 1. The summed E-state index contributed by atoms with van der Waals surface area (Å²) in [4.78, 5) is 0. The Morgan fingerprint density at radius 1 is 0.771 bits per heavy atom. The highest BCUT2D eigenvalue weighted by molar-refractivity contribution is 7.80. The quantitative estimate of drug-likeness (QED) is 0.321. The van der Waals surface area contributed by atoms with Crippen molar-refractivity contribution in [3.8, 4) is 11.5 Å². The highest BCUT2D eigenvalue weighted by Crippen LogP contribution is 2.44. The molecule has 1 saturated heterocycles. The molecule has 6 nitrogen and oxygen atoms in total. The van der Waals surface area contributed by atoms with Crippen molar-refractivity contribution >= 4 is 28.7 Å². The van der Waals surface area contributed by atoms with Crippen LogP contribution in [0.25, 0.3) is 0 Å². The van der Waals surface area contributed by atoms with Gasteiger partial charge < -0.3 is 19.5 Å². The molecule has 1 heterocycles. The molecule has 2 N–H and O–H groups in total. The van der Waals surface area contributed by atoms with Gasteiger partial charge >= 0.3 is 0 Å². The molecule has 7 heteroatoms. The van der Waals surface area contributed by atoms with Gasteiger partial charge in [0.25, 0.3) is 0 Å². The van der Waals surface area contributed by atoms with Crippen LogP contribution >= 0.6 is 12.2 Å². The molecular formula is C28H31N3O3S. The van der Waals surface area contributed by atoms with Crippen LogP contribution in [-0.4, -0.2) is 25.0 Å². The maximum atomic E-state index is 6.72. The lowest BCUT2D eigenvalue weighted by atomic mass is 9.79. The lowest BCUT2D eigenvalue weighted by molar-refractivity contribution is -0.0638. The molecular weight excluding hydrogens is 458 g/mol. The van der Waals surface area contributed by atoms with Gasteiger partial charge in [0.2, 0.25) is 0 Å². The Labute approximate surface area is 212 Å². The number of benzene rings is 3. The van der Waals surface area contributed by atoms with Crippen LogP contribution in [0.5, 0.6) is 11.5 Å². The molecule has 35 heavy (non-hydrogen) atoms. The van der Waals surface area contributed by atoms with Gasteiger partial charge in [-0.3, -0.25) is 5.43 Å². The fourth-order valence-corrected chi connectivity index (χ4v) is 4.60. The number of anilines is 1. The number of hydrogen-bond donors (Lipinski definition) is 2. The summed E-state index contributed by atoms with van der Waals surface area (Å²) < 4.78 is 17.4. The van der Waals surface area contributed by atoms with Crippen molar-refractivity contribution in [2.45, 2.75) is 26.1 Å².